The van der Waals surface area contributed by atoms with Crippen LogP contribution in [0.25, 0.3) is 0 Å². The second-order valence-corrected chi connectivity index (χ2v) is 7.97. The molecule has 8 nitrogen and oxygen atoms in total. The predicted molar refractivity (Wildman–Crippen MR) is 120 cm³/mol. The van der Waals surface area contributed by atoms with Gasteiger partial charge in [0, 0.05) is 45.9 Å². The molecule has 2 N–H and O–H groups in total. The van der Waals surface area contributed by atoms with Crippen LogP contribution in [0.4, 0.5) is 4.79 Å². The average Bonchev–Trinajstić information content (AvgIpc) is 2.82. The van der Waals surface area contributed by atoms with Crippen LogP contribution < -0.4 is 10.6 Å². The Morgan fingerprint density at radius 3 is 2.65 bits per heavy atom. The Morgan fingerprint density at radius 2 is 1.94 bits per heavy atom. The summed E-state index contributed by atoms with van der Waals surface area (Å²) in [6, 6.07) is 8.75. The molecule has 31 heavy (non-hydrogen) atoms. The van der Waals surface area contributed by atoms with Crippen LogP contribution in [0.2, 0.25) is 0 Å². The van der Waals surface area contributed by atoms with Crippen LogP contribution in [0, 0.1) is 0 Å². The summed E-state index contributed by atoms with van der Waals surface area (Å²) in [5.74, 6) is 0.776. The molecule has 1 aromatic rings. The number of ether oxygens (including phenoxy) is 3. The molecule has 2 aliphatic rings. The van der Waals surface area contributed by atoms with Crippen molar-refractivity contribution in [2.45, 2.75) is 57.9 Å². The maximum absolute atomic E-state index is 11.8. The van der Waals surface area contributed by atoms with Crippen molar-refractivity contribution in [3.63, 3.8) is 0 Å². The summed E-state index contributed by atoms with van der Waals surface area (Å²) in [6.45, 7) is 6.54. The van der Waals surface area contributed by atoms with Crippen molar-refractivity contribution in [2.75, 3.05) is 40.0 Å². The van der Waals surface area contributed by atoms with Crippen LogP contribution in [0.3, 0.4) is 0 Å². The molecule has 0 bridgehead atoms. The lowest BCUT2D eigenvalue weighted by Crippen LogP contribution is -2.49. The fourth-order valence-electron chi connectivity index (χ4n) is 3.88. The van der Waals surface area contributed by atoms with Gasteiger partial charge in [-0.25, -0.2) is 4.79 Å². The topological polar surface area (TPSA) is 84.4 Å². The van der Waals surface area contributed by atoms with Gasteiger partial charge in [-0.15, -0.1) is 0 Å². The van der Waals surface area contributed by atoms with E-state index in [1.54, 1.807) is 11.9 Å². The molecule has 172 valence electrons. The number of carbonyl (C=O) groups excluding carboxylic acids is 1. The lowest BCUT2D eigenvalue weighted by Gasteiger charge is -2.32. The first kappa shape index (κ1) is 23.3. The quantitative estimate of drug-likeness (QED) is 0.509. The minimum atomic E-state index is -0.218. The summed E-state index contributed by atoms with van der Waals surface area (Å²) >= 11 is 0. The molecule has 0 saturated carbocycles. The monoisotopic (exact) mass is 432 g/mol. The number of nitrogens with zero attached hydrogens (tertiary/aromatic N) is 2. The van der Waals surface area contributed by atoms with E-state index in [1.807, 2.05) is 6.92 Å². The lowest BCUT2D eigenvalue weighted by atomic mass is 10.1. The number of guanidine groups is 1. The average molecular weight is 433 g/mol. The molecule has 0 atom stereocenters. The van der Waals surface area contributed by atoms with Crippen LogP contribution in [0.5, 0.6) is 0 Å². The zero-order chi connectivity index (χ0) is 21.9. The van der Waals surface area contributed by atoms with E-state index in [2.05, 4.69) is 39.9 Å². The highest BCUT2D eigenvalue weighted by atomic mass is 16.6. The SMILES string of the molecule is CCOC(=O)N1CCC(NC(=NC)NCc2cccc(COC3CCOCC3)c2)CC1. The number of rotatable bonds is 7. The number of aliphatic imine (C=N–C) groups is 1. The third kappa shape index (κ3) is 7.70. The largest absolute Gasteiger partial charge is 0.450 e. The van der Waals surface area contributed by atoms with Crippen molar-refractivity contribution in [3.8, 4) is 0 Å². The zero-order valence-corrected chi connectivity index (χ0v) is 18.8. The van der Waals surface area contributed by atoms with Gasteiger partial charge < -0.3 is 29.7 Å². The molecule has 0 spiro atoms. The molecule has 1 aromatic carbocycles. The highest BCUT2D eigenvalue weighted by molar-refractivity contribution is 5.80. The summed E-state index contributed by atoms with van der Waals surface area (Å²) in [7, 11) is 1.78. The maximum Gasteiger partial charge on any atom is 0.409 e. The van der Waals surface area contributed by atoms with Crippen LogP contribution >= 0.6 is 0 Å². The number of benzene rings is 1. The Bertz CT molecular complexity index is 713. The fraction of sp³-hybridized carbons (Fsp3) is 0.652. The summed E-state index contributed by atoms with van der Waals surface area (Å²) in [5, 5.41) is 6.87. The lowest BCUT2D eigenvalue weighted by molar-refractivity contribution is -0.0390. The Balaban J connectivity index is 1.41. The van der Waals surface area contributed by atoms with Crippen molar-refractivity contribution in [2.24, 2.45) is 4.99 Å². The van der Waals surface area contributed by atoms with Crippen molar-refractivity contribution in [3.05, 3.63) is 35.4 Å². The van der Waals surface area contributed by atoms with Crippen molar-refractivity contribution >= 4 is 12.1 Å². The number of amides is 1. The summed E-state index contributed by atoms with van der Waals surface area (Å²) < 4.78 is 16.5. The Hall–Kier alpha value is -2.32. The van der Waals surface area contributed by atoms with E-state index in [0.717, 1.165) is 44.9 Å². The number of hydrogen-bond donors (Lipinski definition) is 2. The van der Waals surface area contributed by atoms with E-state index in [1.165, 1.54) is 11.1 Å². The van der Waals surface area contributed by atoms with Gasteiger partial charge in [0.2, 0.25) is 0 Å². The number of likely N-dealkylation sites (tertiary alicyclic amines) is 1. The Labute approximate surface area is 185 Å². The first-order valence-electron chi connectivity index (χ1n) is 11.3. The van der Waals surface area contributed by atoms with Gasteiger partial charge in [0.05, 0.1) is 19.3 Å². The standard InChI is InChI=1S/C23H36N4O4/c1-3-30-23(28)27-11-7-20(8-12-27)26-22(24-2)25-16-18-5-4-6-19(15-18)17-31-21-9-13-29-14-10-21/h4-6,15,20-21H,3,7-14,16-17H2,1-2H3,(H2,24,25,26). The predicted octanol–water partition coefficient (Wildman–Crippen LogP) is 2.67. The van der Waals surface area contributed by atoms with E-state index in [4.69, 9.17) is 14.2 Å². The van der Waals surface area contributed by atoms with E-state index in [9.17, 15) is 4.79 Å². The van der Waals surface area contributed by atoms with Gasteiger partial charge in [0.1, 0.15) is 0 Å². The van der Waals surface area contributed by atoms with Gasteiger partial charge in [0.25, 0.3) is 0 Å². The number of nitrogens with one attached hydrogen (secondary N) is 2. The summed E-state index contributed by atoms with van der Waals surface area (Å²) in [6.07, 6.45) is 3.78. The molecule has 2 heterocycles. The fourth-order valence-corrected chi connectivity index (χ4v) is 3.88. The molecule has 0 aromatic heterocycles. The van der Waals surface area contributed by atoms with E-state index in [-0.39, 0.29) is 12.1 Å². The van der Waals surface area contributed by atoms with Crippen LogP contribution in [0.1, 0.15) is 43.7 Å². The Morgan fingerprint density at radius 1 is 1.19 bits per heavy atom. The smallest absolute Gasteiger partial charge is 0.409 e. The first-order valence-corrected chi connectivity index (χ1v) is 11.3. The van der Waals surface area contributed by atoms with Gasteiger partial charge in [-0.2, -0.15) is 0 Å². The van der Waals surface area contributed by atoms with E-state index >= 15 is 0 Å². The van der Waals surface area contributed by atoms with E-state index < -0.39 is 0 Å². The first-order chi connectivity index (χ1) is 15.2. The third-order valence-electron chi connectivity index (χ3n) is 5.69. The normalized spacial score (nSPS) is 18.6. The van der Waals surface area contributed by atoms with Crippen LogP contribution in [-0.2, 0) is 27.4 Å². The van der Waals surface area contributed by atoms with Crippen LogP contribution in [-0.4, -0.2) is 69.1 Å². The number of hydrogen-bond acceptors (Lipinski definition) is 5. The zero-order valence-electron chi connectivity index (χ0n) is 18.8. The molecule has 2 saturated heterocycles. The molecule has 2 fully saturated rings. The molecule has 2 aliphatic heterocycles. The minimum Gasteiger partial charge on any atom is -0.450 e. The third-order valence-corrected chi connectivity index (χ3v) is 5.69. The van der Waals surface area contributed by atoms with Gasteiger partial charge in [0.15, 0.2) is 5.96 Å². The highest BCUT2D eigenvalue weighted by Crippen LogP contribution is 2.15. The molecule has 0 unspecified atom stereocenters. The van der Waals surface area contributed by atoms with Crippen molar-refractivity contribution < 1.29 is 19.0 Å². The molecule has 3 rings (SSSR count). The van der Waals surface area contributed by atoms with Gasteiger partial charge in [-0.3, -0.25) is 4.99 Å². The Kier molecular flexibility index (Phi) is 9.42. The second-order valence-electron chi connectivity index (χ2n) is 7.97. The molecule has 8 heteroatoms. The number of carbonyl (C=O) groups is 1. The molecule has 1 amide bonds. The molecular formula is C23H36N4O4. The molecular weight excluding hydrogens is 396 g/mol. The van der Waals surface area contributed by atoms with Gasteiger partial charge >= 0.3 is 6.09 Å². The van der Waals surface area contributed by atoms with Crippen molar-refractivity contribution in [1.29, 1.82) is 0 Å². The second kappa shape index (κ2) is 12.5. The minimum absolute atomic E-state index is 0.218. The van der Waals surface area contributed by atoms with Crippen LogP contribution in [0.15, 0.2) is 29.3 Å². The highest BCUT2D eigenvalue weighted by Gasteiger charge is 2.24. The summed E-state index contributed by atoms with van der Waals surface area (Å²) in [5.41, 5.74) is 2.37. The molecule has 0 radical (unpaired) electrons. The van der Waals surface area contributed by atoms with E-state index in [0.29, 0.717) is 39.0 Å². The number of piperidine rings is 1. The summed E-state index contributed by atoms with van der Waals surface area (Å²) in [4.78, 5) is 18.0. The molecule has 0 aliphatic carbocycles. The maximum atomic E-state index is 11.8. The van der Waals surface area contributed by atoms with Gasteiger partial charge in [-0.05, 0) is 43.7 Å². The van der Waals surface area contributed by atoms with Gasteiger partial charge in [-0.1, -0.05) is 24.3 Å². The van der Waals surface area contributed by atoms with Crippen molar-refractivity contribution in [1.82, 2.24) is 15.5 Å².